The molecule has 1 aromatic heterocycles. The largest absolute Gasteiger partial charge is 0.301 e. The number of nitrogens with zero attached hydrogens (tertiary/aromatic N) is 4. The lowest BCUT2D eigenvalue weighted by Crippen LogP contribution is -2.36. The first kappa shape index (κ1) is 17.5. The van der Waals surface area contributed by atoms with E-state index >= 15 is 0 Å². The van der Waals surface area contributed by atoms with E-state index in [2.05, 4.69) is 10.2 Å². The fourth-order valence-electron chi connectivity index (χ4n) is 2.67. The fourth-order valence-corrected chi connectivity index (χ4v) is 3.29. The van der Waals surface area contributed by atoms with Gasteiger partial charge in [-0.05, 0) is 30.3 Å². The topological polar surface area (TPSA) is 67.6 Å². The van der Waals surface area contributed by atoms with Crippen molar-refractivity contribution in [1.29, 1.82) is 0 Å². The lowest BCUT2D eigenvalue weighted by molar-refractivity contribution is -0.125. The standard InChI is InChI=1S/C19H13ClN4O2S/c20-14-6-8-15(9-7-14)23-17(13-4-2-1-3-5-13)10-16(22-23)19(26)24-18(25)11-27-12-21-24/h1-10,12H,11H2. The van der Waals surface area contributed by atoms with Crippen molar-refractivity contribution >= 4 is 40.7 Å². The number of imide groups is 1. The number of rotatable bonds is 3. The second kappa shape index (κ2) is 7.38. The van der Waals surface area contributed by atoms with Crippen LogP contribution in [0.15, 0.2) is 65.8 Å². The second-order valence-electron chi connectivity index (χ2n) is 5.71. The molecule has 0 saturated carbocycles. The number of benzene rings is 2. The summed E-state index contributed by atoms with van der Waals surface area (Å²) in [6, 6.07) is 18.4. The highest BCUT2D eigenvalue weighted by Gasteiger charge is 2.27. The average molecular weight is 397 g/mol. The molecule has 0 radical (unpaired) electrons. The lowest BCUT2D eigenvalue weighted by atomic mass is 10.1. The molecule has 0 atom stereocenters. The highest BCUT2D eigenvalue weighted by atomic mass is 35.5. The van der Waals surface area contributed by atoms with Gasteiger partial charge in [0.2, 0.25) is 0 Å². The number of thioether (sulfide) groups is 1. The molecule has 0 N–H and O–H groups in total. The van der Waals surface area contributed by atoms with Crippen LogP contribution in [0.25, 0.3) is 16.9 Å². The van der Waals surface area contributed by atoms with Crippen LogP contribution in [0, 0.1) is 0 Å². The van der Waals surface area contributed by atoms with Crippen molar-refractivity contribution in [3.63, 3.8) is 0 Å². The third-order valence-electron chi connectivity index (χ3n) is 3.94. The predicted octanol–water partition coefficient (Wildman–Crippen LogP) is 3.85. The van der Waals surface area contributed by atoms with E-state index in [9.17, 15) is 9.59 Å². The molecule has 27 heavy (non-hydrogen) atoms. The molecule has 4 rings (SSSR count). The third-order valence-corrected chi connectivity index (χ3v) is 4.85. The van der Waals surface area contributed by atoms with Crippen molar-refractivity contribution in [2.24, 2.45) is 5.10 Å². The van der Waals surface area contributed by atoms with Crippen LogP contribution < -0.4 is 0 Å². The van der Waals surface area contributed by atoms with Crippen molar-refractivity contribution in [1.82, 2.24) is 14.8 Å². The van der Waals surface area contributed by atoms with Crippen LogP contribution in [0.3, 0.4) is 0 Å². The summed E-state index contributed by atoms with van der Waals surface area (Å²) in [6.07, 6.45) is 0. The van der Waals surface area contributed by atoms with Gasteiger partial charge in [-0.25, -0.2) is 4.68 Å². The molecule has 2 aromatic carbocycles. The maximum Gasteiger partial charge on any atom is 0.301 e. The molecule has 134 valence electrons. The summed E-state index contributed by atoms with van der Waals surface area (Å²) in [5.41, 5.74) is 3.99. The Labute approximate surface area is 164 Å². The van der Waals surface area contributed by atoms with Gasteiger partial charge >= 0.3 is 5.91 Å². The molecule has 1 aliphatic rings. The quantitative estimate of drug-likeness (QED) is 0.630. The molecule has 8 heteroatoms. The van der Waals surface area contributed by atoms with Gasteiger partial charge in [-0.3, -0.25) is 9.59 Å². The molecule has 0 fully saturated rings. The maximum absolute atomic E-state index is 12.8. The van der Waals surface area contributed by atoms with Crippen LogP contribution in [0.1, 0.15) is 10.5 Å². The van der Waals surface area contributed by atoms with Crippen molar-refractivity contribution in [3.05, 3.63) is 71.4 Å². The highest BCUT2D eigenvalue weighted by molar-refractivity contribution is 8.12. The molecule has 0 spiro atoms. The summed E-state index contributed by atoms with van der Waals surface area (Å²) in [4.78, 5) is 24.8. The van der Waals surface area contributed by atoms with Crippen LogP contribution in [-0.4, -0.2) is 37.9 Å². The van der Waals surface area contributed by atoms with Gasteiger partial charge in [-0.1, -0.05) is 41.9 Å². The van der Waals surface area contributed by atoms with Gasteiger partial charge in [0.1, 0.15) is 0 Å². The highest BCUT2D eigenvalue weighted by Crippen LogP contribution is 2.26. The zero-order valence-electron chi connectivity index (χ0n) is 13.9. The number of hydrogen-bond acceptors (Lipinski definition) is 5. The zero-order chi connectivity index (χ0) is 18.8. The summed E-state index contributed by atoms with van der Waals surface area (Å²) in [5.74, 6) is -0.741. The lowest BCUT2D eigenvalue weighted by Gasteiger charge is -2.16. The van der Waals surface area contributed by atoms with E-state index < -0.39 is 5.91 Å². The number of amides is 2. The minimum atomic E-state index is -0.554. The van der Waals surface area contributed by atoms with Crippen molar-refractivity contribution in [3.8, 4) is 16.9 Å². The smallest absolute Gasteiger partial charge is 0.271 e. The van der Waals surface area contributed by atoms with E-state index in [1.807, 2.05) is 42.5 Å². The van der Waals surface area contributed by atoms with E-state index in [0.29, 0.717) is 5.02 Å². The van der Waals surface area contributed by atoms with E-state index in [1.165, 1.54) is 17.3 Å². The molecule has 6 nitrogen and oxygen atoms in total. The first-order valence-corrected chi connectivity index (χ1v) is 9.49. The molecule has 3 aromatic rings. The molecule has 2 heterocycles. The van der Waals surface area contributed by atoms with Gasteiger partial charge in [0.05, 0.1) is 22.7 Å². The number of hydrogen-bond donors (Lipinski definition) is 0. The summed E-state index contributed by atoms with van der Waals surface area (Å²) in [6.45, 7) is 0. The molecule has 0 bridgehead atoms. The van der Waals surface area contributed by atoms with Gasteiger partial charge in [-0.2, -0.15) is 15.2 Å². The van der Waals surface area contributed by atoms with E-state index in [-0.39, 0.29) is 17.4 Å². The fraction of sp³-hybridized carbons (Fsp3) is 0.0526. The minimum Gasteiger partial charge on any atom is -0.271 e. The molecule has 2 amide bonds. The van der Waals surface area contributed by atoms with Crippen molar-refractivity contribution < 1.29 is 9.59 Å². The third kappa shape index (κ3) is 3.51. The summed E-state index contributed by atoms with van der Waals surface area (Å²) in [5, 5.41) is 9.80. The van der Waals surface area contributed by atoms with Gasteiger partial charge in [-0.15, -0.1) is 11.8 Å². The van der Waals surface area contributed by atoms with E-state index in [1.54, 1.807) is 22.9 Å². The first-order valence-electron chi connectivity index (χ1n) is 8.06. The Bertz CT molecular complexity index is 1030. The summed E-state index contributed by atoms with van der Waals surface area (Å²) in [7, 11) is 0. The number of carbonyl (C=O) groups is 2. The zero-order valence-corrected chi connectivity index (χ0v) is 15.5. The summed E-state index contributed by atoms with van der Waals surface area (Å²) >= 11 is 7.23. The number of halogens is 1. The Morgan fingerprint density at radius 3 is 2.52 bits per heavy atom. The molecule has 0 aliphatic carbocycles. The Hall–Kier alpha value is -2.90. The first-order chi connectivity index (χ1) is 13.1. The van der Waals surface area contributed by atoms with Crippen molar-refractivity contribution in [2.75, 3.05) is 5.75 Å². The van der Waals surface area contributed by atoms with Crippen molar-refractivity contribution in [2.45, 2.75) is 0 Å². The van der Waals surface area contributed by atoms with Crippen LogP contribution in [-0.2, 0) is 4.79 Å². The minimum absolute atomic E-state index is 0.140. The molecule has 1 aliphatic heterocycles. The van der Waals surface area contributed by atoms with Crippen LogP contribution >= 0.6 is 23.4 Å². The van der Waals surface area contributed by atoms with Gasteiger partial charge in [0.25, 0.3) is 5.91 Å². The van der Waals surface area contributed by atoms with Gasteiger partial charge in [0.15, 0.2) is 5.69 Å². The van der Waals surface area contributed by atoms with Crippen LogP contribution in [0.4, 0.5) is 0 Å². The van der Waals surface area contributed by atoms with Crippen LogP contribution in [0.2, 0.25) is 5.02 Å². The Morgan fingerprint density at radius 2 is 1.81 bits per heavy atom. The second-order valence-corrected chi connectivity index (χ2v) is 6.98. The van der Waals surface area contributed by atoms with Crippen LogP contribution in [0.5, 0.6) is 0 Å². The summed E-state index contributed by atoms with van der Waals surface area (Å²) < 4.78 is 1.66. The average Bonchev–Trinajstić information content (AvgIpc) is 3.14. The Morgan fingerprint density at radius 1 is 1.07 bits per heavy atom. The molecule has 0 unspecified atom stereocenters. The predicted molar refractivity (Wildman–Crippen MR) is 106 cm³/mol. The van der Waals surface area contributed by atoms with E-state index in [4.69, 9.17) is 11.6 Å². The molecular formula is C19H13ClN4O2S. The Kier molecular flexibility index (Phi) is 4.79. The number of hydrazone groups is 1. The molecule has 0 saturated heterocycles. The van der Waals surface area contributed by atoms with Gasteiger partial charge in [0, 0.05) is 10.6 Å². The number of aromatic nitrogens is 2. The number of carbonyl (C=O) groups excluding carboxylic acids is 2. The van der Waals surface area contributed by atoms with Gasteiger partial charge < -0.3 is 0 Å². The monoisotopic (exact) mass is 396 g/mol. The SMILES string of the molecule is O=C1CSC=NN1C(=O)c1cc(-c2ccccc2)n(-c2ccc(Cl)cc2)n1. The molecular weight excluding hydrogens is 384 g/mol. The van der Waals surface area contributed by atoms with E-state index in [0.717, 1.165) is 22.0 Å². The Balaban J connectivity index is 1.81. The normalized spacial score (nSPS) is 13.8. The maximum atomic E-state index is 12.8.